The molecule has 1 aromatic carbocycles. The van der Waals surface area contributed by atoms with Gasteiger partial charge in [-0.2, -0.15) is 0 Å². The third kappa shape index (κ3) is 7.28. The van der Waals surface area contributed by atoms with Crippen LogP contribution in [-0.4, -0.2) is 24.0 Å². The van der Waals surface area contributed by atoms with Crippen molar-refractivity contribution in [1.82, 2.24) is 10.6 Å². The number of rotatable bonds is 8. The van der Waals surface area contributed by atoms with Gasteiger partial charge in [0.25, 0.3) is 5.69 Å². The highest BCUT2D eigenvalue weighted by atomic mass is 127. The maximum Gasteiger partial charge on any atom is 0.274 e. The van der Waals surface area contributed by atoms with Crippen LogP contribution in [0.1, 0.15) is 24.3 Å². The predicted molar refractivity (Wildman–Crippen MR) is 119 cm³/mol. The standard InChI is InChI=1S/C18H24N4O2S.HI/c1-3-19-18(20-12-14(2)11-16-8-6-10-25-16)21-13-15-7-4-5-9-17(15)22(23)24;/h4-10,14H,3,11-13H2,1-2H3,(H2,19,20,21);1H. The normalized spacial score (nSPS) is 12.2. The number of guanidine groups is 1. The number of benzene rings is 1. The molecule has 0 aliphatic rings. The Bertz CT molecular complexity index is 707. The molecule has 2 N–H and O–H groups in total. The number of nitrogens with one attached hydrogen (secondary N) is 2. The molecular weight excluding hydrogens is 463 g/mol. The third-order valence-electron chi connectivity index (χ3n) is 3.69. The van der Waals surface area contributed by atoms with Gasteiger partial charge in [-0.1, -0.05) is 31.2 Å². The summed E-state index contributed by atoms with van der Waals surface area (Å²) in [6.07, 6.45) is 1.02. The quantitative estimate of drug-likeness (QED) is 0.192. The second kappa shape index (κ2) is 11.8. The highest BCUT2D eigenvalue weighted by Crippen LogP contribution is 2.18. The average molecular weight is 488 g/mol. The Hall–Kier alpha value is -1.68. The highest BCUT2D eigenvalue weighted by molar-refractivity contribution is 14.0. The van der Waals surface area contributed by atoms with Gasteiger partial charge in [0.05, 0.1) is 17.0 Å². The first-order chi connectivity index (χ1) is 12.1. The third-order valence-corrected chi connectivity index (χ3v) is 4.59. The second-order valence-corrected chi connectivity index (χ2v) is 6.88. The van der Waals surface area contributed by atoms with E-state index in [1.807, 2.05) is 6.92 Å². The SMILES string of the molecule is CCNC(=NCc1ccccc1[N+](=O)[O-])NCC(C)Cc1cccs1.I. The van der Waals surface area contributed by atoms with E-state index in [-0.39, 0.29) is 41.1 Å². The molecule has 142 valence electrons. The summed E-state index contributed by atoms with van der Waals surface area (Å²) in [6, 6.07) is 10.9. The van der Waals surface area contributed by atoms with Crippen LogP contribution in [0.4, 0.5) is 5.69 Å². The molecule has 0 saturated carbocycles. The molecule has 2 rings (SSSR count). The summed E-state index contributed by atoms with van der Waals surface area (Å²) in [5.74, 6) is 1.15. The Morgan fingerprint density at radius 2 is 2.04 bits per heavy atom. The van der Waals surface area contributed by atoms with E-state index in [0.717, 1.165) is 19.5 Å². The average Bonchev–Trinajstić information content (AvgIpc) is 3.10. The molecule has 0 aliphatic heterocycles. The number of nitrogens with zero attached hydrogens (tertiary/aromatic N) is 2. The van der Waals surface area contributed by atoms with E-state index in [2.05, 4.69) is 40.1 Å². The number of para-hydroxylation sites is 1. The molecule has 8 heteroatoms. The van der Waals surface area contributed by atoms with Crippen molar-refractivity contribution in [3.8, 4) is 0 Å². The topological polar surface area (TPSA) is 79.6 Å². The van der Waals surface area contributed by atoms with Crippen LogP contribution < -0.4 is 10.6 Å². The molecule has 1 aromatic heterocycles. The number of halogens is 1. The van der Waals surface area contributed by atoms with Gasteiger partial charge in [0.1, 0.15) is 0 Å². The zero-order valence-corrected chi connectivity index (χ0v) is 18.1. The van der Waals surface area contributed by atoms with Gasteiger partial charge in [0.2, 0.25) is 0 Å². The lowest BCUT2D eigenvalue weighted by Crippen LogP contribution is -2.39. The number of hydrogen-bond donors (Lipinski definition) is 2. The monoisotopic (exact) mass is 488 g/mol. The lowest BCUT2D eigenvalue weighted by molar-refractivity contribution is -0.385. The van der Waals surface area contributed by atoms with Crippen molar-refractivity contribution in [2.24, 2.45) is 10.9 Å². The number of nitro benzene ring substituents is 1. The first-order valence-corrected chi connectivity index (χ1v) is 9.25. The maximum atomic E-state index is 11.1. The molecule has 0 amide bonds. The predicted octanol–water partition coefficient (Wildman–Crippen LogP) is 4.21. The zero-order chi connectivity index (χ0) is 18.1. The van der Waals surface area contributed by atoms with Crippen LogP contribution in [0.15, 0.2) is 46.8 Å². The van der Waals surface area contributed by atoms with Crippen LogP contribution in [0.3, 0.4) is 0 Å². The van der Waals surface area contributed by atoms with Crippen molar-refractivity contribution in [2.75, 3.05) is 13.1 Å². The molecule has 0 fully saturated rings. The van der Waals surface area contributed by atoms with Gasteiger partial charge >= 0.3 is 0 Å². The van der Waals surface area contributed by atoms with Crippen LogP contribution in [0.2, 0.25) is 0 Å². The van der Waals surface area contributed by atoms with Crippen molar-refractivity contribution < 1.29 is 4.92 Å². The molecule has 0 radical (unpaired) electrons. The fourth-order valence-corrected chi connectivity index (χ4v) is 3.31. The van der Waals surface area contributed by atoms with Gasteiger partial charge in [-0.05, 0) is 30.7 Å². The minimum atomic E-state index is -0.367. The summed E-state index contributed by atoms with van der Waals surface area (Å²) in [6.45, 7) is 5.99. The van der Waals surface area contributed by atoms with E-state index in [9.17, 15) is 10.1 Å². The molecule has 6 nitrogen and oxygen atoms in total. The van der Waals surface area contributed by atoms with Crippen LogP contribution in [0.5, 0.6) is 0 Å². The van der Waals surface area contributed by atoms with Crippen LogP contribution >= 0.6 is 35.3 Å². The Labute approximate surface area is 175 Å². The van der Waals surface area contributed by atoms with Crippen LogP contribution in [-0.2, 0) is 13.0 Å². The second-order valence-electron chi connectivity index (χ2n) is 5.85. The summed E-state index contributed by atoms with van der Waals surface area (Å²) < 4.78 is 0. The van der Waals surface area contributed by atoms with Crippen molar-refractivity contribution in [3.05, 3.63) is 62.3 Å². The fraction of sp³-hybridized carbons (Fsp3) is 0.389. The lowest BCUT2D eigenvalue weighted by atomic mass is 10.1. The molecule has 26 heavy (non-hydrogen) atoms. The van der Waals surface area contributed by atoms with E-state index in [1.165, 1.54) is 10.9 Å². The maximum absolute atomic E-state index is 11.1. The summed E-state index contributed by atoms with van der Waals surface area (Å²) in [4.78, 5) is 16.6. The largest absolute Gasteiger partial charge is 0.357 e. The summed E-state index contributed by atoms with van der Waals surface area (Å²) >= 11 is 1.77. The molecule has 0 saturated heterocycles. The fourth-order valence-electron chi connectivity index (χ4n) is 2.44. The van der Waals surface area contributed by atoms with Crippen molar-refractivity contribution in [2.45, 2.75) is 26.8 Å². The summed E-state index contributed by atoms with van der Waals surface area (Å²) in [7, 11) is 0. The molecule has 1 unspecified atom stereocenters. The molecular formula is C18H25IN4O2S. The van der Waals surface area contributed by atoms with E-state index in [0.29, 0.717) is 17.4 Å². The molecule has 1 atom stereocenters. The van der Waals surface area contributed by atoms with Crippen molar-refractivity contribution in [1.29, 1.82) is 0 Å². The Morgan fingerprint density at radius 1 is 1.27 bits per heavy atom. The highest BCUT2D eigenvalue weighted by Gasteiger charge is 2.12. The van der Waals surface area contributed by atoms with E-state index < -0.39 is 0 Å². The van der Waals surface area contributed by atoms with Crippen molar-refractivity contribution in [3.63, 3.8) is 0 Å². The minimum Gasteiger partial charge on any atom is -0.357 e. The van der Waals surface area contributed by atoms with Gasteiger partial charge in [-0.3, -0.25) is 10.1 Å². The van der Waals surface area contributed by atoms with E-state index >= 15 is 0 Å². The van der Waals surface area contributed by atoms with E-state index in [4.69, 9.17) is 0 Å². The molecule has 1 heterocycles. The Morgan fingerprint density at radius 3 is 2.69 bits per heavy atom. The molecule has 2 aromatic rings. The molecule has 0 aliphatic carbocycles. The molecule has 0 bridgehead atoms. The smallest absolute Gasteiger partial charge is 0.274 e. The Balaban J connectivity index is 0.00000338. The van der Waals surface area contributed by atoms with Crippen LogP contribution in [0.25, 0.3) is 0 Å². The summed E-state index contributed by atoms with van der Waals surface area (Å²) in [5, 5.41) is 19.7. The van der Waals surface area contributed by atoms with Gasteiger partial charge in [-0.25, -0.2) is 4.99 Å². The summed E-state index contributed by atoms with van der Waals surface area (Å²) in [5.41, 5.74) is 0.712. The zero-order valence-electron chi connectivity index (χ0n) is 15.0. The first-order valence-electron chi connectivity index (χ1n) is 8.37. The van der Waals surface area contributed by atoms with Gasteiger partial charge in [-0.15, -0.1) is 35.3 Å². The number of aliphatic imine (C=N–C) groups is 1. The number of hydrogen-bond acceptors (Lipinski definition) is 4. The van der Waals surface area contributed by atoms with Gasteiger partial charge in [0.15, 0.2) is 5.96 Å². The van der Waals surface area contributed by atoms with Crippen molar-refractivity contribution >= 4 is 47.0 Å². The first kappa shape index (κ1) is 22.4. The van der Waals surface area contributed by atoms with Gasteiger partial charge in [0, 0.05) is 24.0 Å². The minimum absolute atomic E-state index is 0. The molecule has 0 spiro atoms. The number of nitro groups is 1. The van der Waals surface area contributed by atoms with Gasteiger partial charge < -0.3 is 10.6 Å². The number of thiophene rings is 1. The van der Waals surface area contributed by atoms with E-state index in [1.54, 1.807) is 29.5 Å². The van der Waals surface area contributed by atoms with Crippen LogP contribution in [0, 0.1) is 16.0 Å². The lowest BCUT2D eigenvalue weighted by Gasteiger charge is -2.15. The Kier molecular flexibility index (Phi) is 10.2.